The Hall–Kier alpha value is -2.44. The van der Waals surface area contributed by atoms with E-state index < -0.39 is 0 Å². The summed E-state index contributed by atoms with van der Waals surface area (Å²) < 4.78 is 5.47. The maximum absolute atomic E-state index is 11.8. The maximum atomic E-state index is 11.8. The third-order valence-electron chi connectivity index (χ3n) is 5.32. The summed E-state index contributed by atoms with van der Waals surface area (Å²) in [4.78, 5) is 25.2. The van der Waals surface area contributed by atoms with Crippen LogP contribution in [-0.4, -0.2) is 52.1 Å². The summed E-state index contributed by atoms with van der Waals surface area (Å²) in [5.74, 6) is 2.52. The molecule has 0 spiro atoms. The number of nitrogens with zero attached hydrogens (tertiary/aromatic N) is 5. The van der Waals surface area contributed by atoms with Gasteiger partial charge in [-0.1, -0.05) is 12.1 Å². The fourth-order valence-electron chi connectivity index (χ4n) is 3.76. The number of carbonyl (C=O) groups excluding carboxylic acids is 1. The average molecular weight is 355 g/mol. The highest BCUT2D eigenvalue weighted by Crippen LogP contribution is 2.28. The molecule has 0 radical (unpaired) electrons. The molecule has 1 amide bonds. The highest BCUT2D eigenvalue weighted by atomic mass is 16.5. The molecule has 4 heterocycles. The Bertz CT molecular complexity index is 752. The molecule has 0 aromatic carbocycles. The van der Waals surface area contributed by atoms with Gasteiger partial charge in [-0.3, -0.25) is 4.79 Å². The lowest BCUT2D eigenvalue weighted by molar-refractivity contribution is -0.129. The number of carbonyl (C=O) groups is 1. The van der Waals surface area contributed by atoms with Crippen molar-refractivity contribution in [2.75, 3.05) is 31.1 Å². The van der Waals surface area contributed by atoms with Crippen molar-refractivity contribution in [3.8, 4) is 11.4 Å². The molecular formula is C19H25N5O2. The van der Waals surface area contributed by atoms with Gasteiger partial charge < -0.3 is 14.3 Å². The summed E-state index contributed by atoms with van der Waals surface area (Å²) in [5.41, 5.74) is 0.861. The smallest absolute Gasteiger partial charge is 0.231 e. The van der Waals surface area contributed by atoms with Gasteiger partial charge >= 0.3 is 0 Å². The van der Waals surface area contributed by atoms with Gasteiger partial charge in [0.25, 0.3) is 0 Å². The molecular weight excluding hydrogens is 330 g/mol. The normalized spacial score (nSPS) is 20.6. The van der Waals surface area contributed by atoms with Gasteiger partial charge in [0.1, 0.15) is 5.82 Å². The molecule has 2 aromatic rings. The van der Waals surface area contributed by atoms with E-state index in [2.05, 4.69) is 20.0 Å². The van der Waals surface area contributed by atoms with Crippen molar-refractivity contribution in [2.24, 2.45) is 0 Å². The molecule has 2 aliphatic heterocycles. The van der Waals surface area contributed by atoms with Gasteiger partial charge in [-0.15, -0.1) is 0 Å². The van der Waals surface area contributed by atoms with E-state index >= 15 is 0 Å². The minimum atomic E-state index is 0.132. The van der Waals surface area contributed by atoms with Gasteiger partial charge in [0.05, 0.1) is 5.92 Å². The first kappa shape index (κ1) is 17.0. The van der Waals surface area contributed by atoms with E-state index in [0.29, 0.717) is 24.7 Å². The lowest BCUT2D eigenvalue weighted by Gasteiger charge is -2.27. The molecule has 7 heteroatoms. The minimum Gasteiger partial charge on any atom is -0.357 e. The lowest BCUT2D eigenvalue weighted by atomic mass is 10.1. The Balaban J connectivity index is 1.44. The number of likely N-dealkylation sites (tertiary alicyclic amines) is 1. The van der Waals surface area contributed by atoms with Gasteiger partial charge in [0, 0.05) is 44.4 Å². The van der Waals surface area contributed by atoms with Crippen molar-refractivity contribution in [3.63, 3.8) is 0 Å². The van der Waals surface area contributed by atoms with Gasteiger partial charge in [-0.2, -0.15) is 4.98 Å². The Morgan fingerprint density at radius 1 is 1.23 bits per heavy atom. The van der Waals surface area contributed by atoms with Crippen molar-refractivity contribution in [3.05, 3.63) is 24.2 Å². The molecule has 0 unspecified atom stereocenters. The van der Waals surface area contributed by atoms with Crippen LogP contribution in [0.15, 0.2) is 22.9 Å². The van der Waals surface area contributed by atoms with Crippen molar-refractivity contribution < 1.29 is 9.32 Å². The lowest BCUT2D eigenvalue weighted by Crippen LogP contribution is -2.29. The summed E-state index contributed by atoms with van der Waals surface area (Å²) >= 11 is 0. The number of hydrogen-bond acceptors (Lipinski definition) is 6. The second kappa shape index (κ2) is 7.43. The maximum Gasteiger partial charge on any atom is 0.231 e. The van der Waals surface area contributed by atoms with E-state index in [0.717, 1.165) is 37.4 Å². The zero-order chi connectivity index (χ0) is 17.9. The minimum absolute atomic E-state index is 0.132. The fraction of sp³-hybridized carbons (Fsp3) is 0.579. The molecule has 4 rings (SSSR count). The van der Waals surface area contributed by atoms with Crippen molar-refractivity contribution in [1.82, 2.24) is 20.0 Å². The van der Waals surface area contributed by atoms with Crippen LogP contribution in [0.2, 0.25) is 0 Å². The summed E-state index contributed by atoms with van der Waals surface area (Å²) in [7, 11) is 0. The summed E-state index contributed by atoms with van der Waals surface area (Å²) in [6.45, 7) is 5.48. The highest BCUT2D eigenvalue weighted by Gasteiger charge is 2.30. The van der Waals surface area contributed by atoms with Crippen LogP contribution >= 0.6 is 0 Å². The number of piperidine rings is 1. The first-order chi connectivity index (χ1) is 12.7. The number of hydrogen-bond donors (Lipinski definition) is 0. The third kappa shape index (κ3) is 3.43. The number of amides is 1. The second-order valence-corrected chi connectivity index (χ2v) is 7.09. The van der Waals surface area contributed by atoms with Crippen LogP contribution in [-0.2, 0) is 4.79 Å². The summed E-state index contributed by atoms with van der Waals surface area (Å²) in [5, 5.41) is 4.12. The molecule has 138 valence electrons. The van der Waals surface area contributed by atoms with Gasteiger partial charge in [-0.25, -0.2) is 4.98 Å². The number of rotatable bonds is 4. The molecule has 0 bridgehead atoms. The Labute approximate surface area is 153 Å². The molecule has 26 heavy (non-hydrogen) atoms. The predicted octanol–water partition coefficient (Wildman–Crippen LogP) is 2.85. The topological polar surface area (TPSA) is 75.4 Å². The standard InChI is InChI=1S/C19H25N5O2/c1-2-17(25)24-11-8-15(13-24)19-21-18(22-26-19)14-6-7-16(20-12-14)23-9-4-3-5-10-23/h6-7,12,15H,2-5,8-11,13H2,1H3/t15-/m0/s1. The Kier molecular flexibility index (Phi) is 4.86. The first-order valence-electron chi connectivity index (χ1n) is 9.57. The largest absolute Gasteiger partial charge is 0.357 e. The van der Waals surface area contributed by atoms with E-state index in [1.165, 1.54) is 19.3 Å². The molecule has 0 aliphatic carbocycles. The van der Waals surface area contributed by atoms with E-state index in [9.17, 15) is 4.79 Å². The van der Waals surface area contributed by atoms with Crippen LogP contribution in [0.5, 0.6) is 0 Å². The fourth-order valence-corrected chi connectivity index (χ4v) is 3.76. The van der Waals surface area contributed by atoms with Crippen LogP contribution in [0, 0.1) is 0 Å². The zero-order valence-electron chi connectivity index (χ0n) is 15.2. The van der Waals surface area contributed by atoms with Crippen LogP contribution in [0.25, 0.3) is 11.4 Å². The quantitative estimate of drug-likeness (QED) is 0.839. The van der Waals surface area contributed by atoms with Crippen molar-refractivity contribution in [1.29, 1.82) is 0 Å². The third-order valence-corrected chi connectivity index (χ3v) is 5.32. The predicted molar refractivity (Wildman–Crippen MR) is 97.8 cm³/mol. The van der Waals surface area contributed by atoms with Crippen LogP contribution in [0.4, 0.5) is 5.82 Å². The Morgan fingerprint density at radius 3 is 2.81 bits per heavy atom. The van der Waals surface area contributed by atoms with Gasteiger partial charge in [-0.05, 0) is 37.8 Å². The summed E-state index contributed by atoms with van der Waals surface area (Å²) in [6, 6.07) is 4.04. The molecule has 7 nitrogen and oxygen atoms in total. The second-order valence-electron chi connectivity index (χ2n) is 7.09. The van der Waals surface area contributed by atoms with E-state index in [4.69, 9.17) is 4.52 Å². The van der Waals surface area contributed by atoms with Crippen molar-refractivity contribution in [2.45, 2.75) is 44.9 Å². The SMILES string of the molecule is CCC(=O)N1CC[C@H](c2nc(-c3ccc(N4CCCCC4)nc3)no2)C1. The molecule has 0 saturated carbocycles. The highest BCUT2D eigenvalue weighted by molar-refractivity contribution is 5.76. The van der Waals surface area contributed by atoms with E-state index in [-0.39, 0.29) is 11.8 Å². The summed E-state index contributed by atoms with van der Waals surface area (Å²) in [6.07, 6.45) is 7.01. The molecule has 2 aliphatic rings. The molecule has 2 saturated heterocycles. The monoisotopic (exact) mass is 355 g/mol. The van der Waals surface area contributed by atoms with Gasteiger partial charge in [0.15, 0.2) is 0 Å². The number of aromatic nitrogens is 3. The Morgan fingerprint density at radius 2 is 2.08 bits per heavy atom. The van der Waals surface area contributed by atoms with Crippen LogP contribution in [0.1, 0.15) is 50.8 Å². The van der Waals surface area contributed by atoms with E-state index in [1.807, 2.05) is 30.2 Å². The molecule has 2 aromatic heterocycles. The van der Waals surface area contributed by atoms with Crippen LogP contribution in [0.3, 0.4) is 0 Å². The molecule has 1 atom stereocenters. The van der Waals surface area contributed by atoms with Crippen LogP contribution < -0.4 is 4.90 Å². The number of pyridine rings is 1. The first-order valence-corrected chi connectivity index (χ1v) is 9.57. The molecule has 0 N–H and O–H groups in total. The zero-order valence-corrected chi connectivity index (χ0v) is 15.2. The molecule has 2 fully saturated rings. The average Bonchev–Trinajstić information content (AvgIpc) is 3.38. The number of anilines is 1. The van der Waals surface area contributed by atoms with Gasteiger partial charge in [0.2, 0.25) is 17.6 Å². The van der Waals surface area contributed by atoms with E-state index in [1.54, 1.807) is 0 Å². The van der Waals surface area contributed by atoms with Crippen molar-refractivity contribution >= 4 is 11.7 Å².